The first-order chi connectivity index (χ1) is 8.37. The summed E-state index contributed by atoms with van der Waals surface area (Å²) >= 11 is 0. The topological polar surface area (TPSA) is 32.3 Å². The van der Waals surface area contributed by atoms with Crippen molar-refractivity contribution in [2.75, 3.05) is 20.6 Å². The molecule has 1 unspecified atom stereocenters. The van der Waals surface area contributed by atoms with E-state index in [0.717, 1.165) is 0 Å². The quantitative estimate of drug-likeness (QED) is 0.761. The van der Waals surface area contributed by atoms with Crippen LogP contribution in [0.5, 0.6) is 0 Å². The largest absolute Gasteiger partial charge is 0.463 e. The third kappa shape index (κ3) is 5.71. The van der Waals surface area contributed by atoms with Gasteiger partial charge < -0.3 is 10.2 Å². The second-order valence-electron chi connectivity index (χ2n) is 5.13. The molecule has 0 bridgehead atoms. The molecule has 0 aromatic rings. The summed E-state index contributed by atoms with van der Waals surface area (Å²) in [5.74, 6) is -7.61. The Kier molecular flexibility index (Phi) is 6.18. The van der Waals surface area contributed by atoms with Gasteiger partial charge in [-0.25, -0.2) is 0 Å². The Morgan fingerprint density at radius 2 is 1.63 bits per heavy atom. The van der Waals surface area contributed by atoms with Crippen molar-refractivity contribution in [2.45, 2.75) is 38.4 Å². The molecule has 1 amide bonds. The predicted molar refractivity (Wildman–Crippen MR) is 60.9 cm³/mol. The van der Waals surface area contributed by atoms with E-state index in [0.29, 0.717) is 6.42 Å². The molecule has 0 fully saturated rings. The molecule has 0 saturated carbocycles. The van der Waals surface area contributed by atoms with Gasteiger partial charge in [0, 0.05) is 12.6 Å². The minimum atomic E-state index is -5.88. The first kappa shape index (κ1) is 18.1. The monoisotopic (exact) mass is 290 g/mol. The number of likely N-dealkylation sites (N-methyl/N-ethyl adjacent to an activating group) is 1. The number of amides is 1. The lowest BCUT2D eigenvalue weighted by Crippen LogP contribution is -2.54. The zero-order valence-electron chi connectivity index (χ0n) is 11.3. The Balaban J connectivity index is 4.80. The van der Waals surface area contributed by atoms with Crippen molar-refractivity contribution in [1.82, 2.24) is 10.2 Å². The zero-order valence-corrected chi connectivity index (χ0v) is 11.3. The van der Waals surface area contributed by atoms with E-state index in [1.165, 1.54) is 0 Å². The SMILES string of the molecule is CC(C)CC(CN(C)C)NC(=O)C(F)(F)C(F)(F)F. The van der Waals surface area contributed by atoms with Crippen LogP contribution in [0.15, 0.2) is 0 Å². The number of carbonyl (C=O) groups excluding carboxylic acids is 1. The third-order valence-electron chi connectivity index (χ3n) is 2.32. The van der Waals surface area contributed by atoms with Gasteiger partial charge in [-0.15, -0.1) is 0 Å². The molecule has 0 spiro atoms. The highest BCUT2D eigenvalue weighted by Gasteiger charge is 2.63. The molecule has 0 saturated heterocycles. The van der Waals surface area contributed by atoms with Crippen LogP contribution in [0.2, 0.25) is 0 Å². The Hall–Kier alpha value is -0.920. The predicted octanol–water partition coefficient (Wildman–Crippen LogP) is 2.28. The molecule has 0 aliphatic carbocycles. The molecule has 0 aliphatic heterocycles. The van der Waals surface area contributed by atoms with Crippen LogP contribution < -0.4 is 5.32 Å². The smallest absolute Gasteiger partial charge is 0.347 e. The second kappa shape index (κ2) is 6.49. The number of alkyl halides is 5. The standard InChI is InChI=1S/C11H19F5N2O/c1-7(2)5-8(6-18(3)4)17-9(19)10(12,13)11(14,15)16/h7-8H,5-6H2,1-4H3,(H,17,19). The van der Waals surface area contributed by atoms with Crippen molar-refractivity contribution in [3.63, 3.8) is 0 Å². The number of rotatable bonds is 6. The summed E-state index contributed by atoms with van der Waals surface area (Å²) in [5.41, 5.74) is 0. The number of nitrogens with one attached hydrogen (secondary N) is 1. The summed E-state index contributed by atoms with van der Waals surface area (Å²) < 4.78 is 61.7. The first-order valence-electron chi connectivity index (χ1n) is 5.78. The summed E-state index contributed by atoms with van der Waals surface area (Å²) in [4.78, 5) is 12.7. The van der Waals surface area contributed by atoms with Gasteiger partial charge >= 0.3 is 18.0 Å². The first-order valence-corrected chi connectivity index (χ1v) is 5.78. The van der Waals surface area contributed by atoms with Crippen LogP contribution in [0.4, 0.5) is 22.0 Å². The van der Waals surface area contributed by atoms with Gasteiger partial charge in [-0.05, 0) is 26.4 Å². The van der Waals surface area contributed by atoms with E-state index in [9.17, 15) is 26.7 Å². The fourth-order valence-corrected chi connectivity index (χ4v) is 1.59. The fourth-order valence-electron chi connectivity index (χ4n) is 1.59. The molecule has 114 valence electrons. The molecular weight excluding hydrogens is 271 g/mol. The van der Waals surface area contributed by atoms with E-state index >= 15 is 0 Å². The third-order valence-corrected chi connectivity index (χ3v) is 2.32. The molecule has 0 aliphatic rings. The maximum Gasteiger partial charge on any atom is 0.463 e. The van der Waals surface area contributed by atoms with E-state index in [1.54, 1.807) is 38.2 Å². The lowest BCUT2D eigenvalue weighted by Gasteiger charge is -2.26. The fraction of sp³-hybridized carbons (Fsp3) is 0.909. The summed E-state index contributed by atoms with van der Waals surface area (Å²) in [7, 11) is 3.28. The zero-order chi connectivity index (χ0) is 15.4. The van der Waals surface area contributed by atoms with Crippen molar-refractivity contribution in [1.29, 1.82) is 0 Å². The second-order valence-corrected chi connectivity index (χ2v) is 5.13. The number of nitrogens with zero attached hydrogens (tertiary/aromatic N) is 1. The summed E-state index contributed by atoms with van der Waals surface area (Å²) in [5, 5.41) is 1.78. The lowest BCUT2D eigenvalue weighted by molar-refractivity contribution is -0.270. The average Bonchev–Trinajstić information content (AvgIpc) is 2.12. The highest BCUT2D eigenvalue weighted by Crippen LogP contribution is 2.35. The molecule has 0 radical (unpaired) electrons. The van der Waals surface area contributed by atoms with Crippen molar-refractivity contribution >= 4 is 5.91 Å². The Morgan fingerprint density at radius 1 is 1.16 bits per heavy atom. The van der Waals surface area contributed by atoms with Gasteiger partial charge in [-0.3, -0.25) is 4.79 Å². The minimum Gasteiger partial charge on any atom is -0.347 e. The van der Waals surface area contributed by atoms with Crippen molar-refractivity contribution in [2.24, 2.45) is 5.92 Å². The number of halogens is 5. The molecule has 1 atom stereocenters. The van der Waals surface area contributed by atoms with Gasteiger partial charge in [0.1, 0.15) is 0 Å². The van der Waals surface area contributed by atoms with Gasteiger partial charge in [0.05, 0.1) is 0 Å². The Labute approximate surface area is 109 Å². The molecule has 1 N–H and O–H groups in total. The normalized spacial score (nSPS) is 14.9. The molecule has 0 aromatic heterocycles. The number of carbonyl (C=O) groups is 1. The highest BCUT2D eigenvalue weighted by atomic mass is 19.4. The van der Waals surface area contributed by atoms with Gasteiger partial charge in [-0.1, -0.05) is 13.8 Å². The van der Waals surface area contributed by atoms with E-state index in [2.05, 4.69) is 0 Å². The highest BCUT2D eigenvalue weighted by molar-refractivity contribution is 5.84. The van der Waals surface area contributed by atoms with E-state index in [1.807, 2.05) is 0 Å². The van der Waals surface area contributed by atoms with Crippen LogP contribution in [0.3, 0.4) is 0 Å². The van der Waals surface area contributed by atoms with E-state index in [4.69, 9.17) is 0 Å². The van der Waals surface area contributed by atoms with Gasteiger partial charge in [-0.2, -0.15) is 22.0 Å². The molecular formula is C11H19F5N2O. The van der Waals surface area contributed by atoms with Crippen LogP contribution >= 0.6 is 0 Å². The molecule has 0 heterocycles. The molecule has 8 heteroatoms. The van der Waals surface area contributed by atoms with Gasteiger partial charge in [0.2, 0.25) is 0 Å². The van der Waals surface area contributed by atoms with E-state index < -0.39 is 24.0 Å². The lowest BCUT2D eigenvalue weighted by atomic mass is 10.0. The van der Waals surface area contributed by atoms with Gasteiger partial charge in [0.25, 0.3) is 0 Å². The number of hydrogen-bond acceptors (Lipinski definition) is 2. The van der Waals surface area contributed by atoms with Crippen LogP contribution in [0.25, 0.3) is 0 Å². The van der Waals surface area contributed by atoms with Crippen molar-refractivity contribution < 1.29 is 26.7 Å². The molecule has 19 heavy (non-hydrogen) atoms. The summed E-state index contributed by atoms with van der Waals surface area (Å²) in [6.45, 7) is 3.77. The summed E-state index contributed by atoms with van der Waals surface area (Å²) in [6.07, 6.45) is -5.56. The van der Waals surface area contributed by atoms with Crippen LogP contribution in [-0.4, -0.2) is 49.6 Å². The van der Waals surface area contributed by atoms with E-state index in [-0.39, 0.29) is 12.5 Å². The Bertz CT molecular complexity index is 292. The maximum atomic E-state index is 12.8. The summed E-state index contributed by atoms with van der Waals surface area (Å²) in [6, 6.07) is -0.754. The molecule has 3 nitrogen and oxygen atoms in total. The minimum absolute atomic E-state index is 0.0600. The maximum absolute atomic E-state index is 12.8. The average molecular weight is 290 g/mol. The molecule has 0 rings (SSSR count). The van der Waals surface area contributed by atoms with Gasteiger partial charge in [0.15, 0.2) is 0 Å². The van der Waals surface area contributed by atoms with Crippen LogP contribution in [-0.2, 0) is 4.79 Å². The number of hydrogen-bond donors (Lipinski definition) is 1. The van der Waals surface area contributed by atoms with Crippen molar-refractivity contribution in [3.05, 3.63) is 0 Å². The Morgan fingerprint density at radius 3 is 1.95 bits per heavy atom. The van der Waals surface area contributed by atoms with Crippen molar-refractivity contribution in [3.8, 4) is 0 Å². The van der Waals surface area contributed by atoms with Crippen LogP contribution in [0, 0.1) is 5.92 Å². The van der Waals surface area contributed by atoms with Crippen LogP contribution in [0.1, 0.15) is 20.3 Å². The molecule has 0 aromatic carbocycles.